The molecule has 1 aromatic carbocycles. The van der Waals surface area contributed by atoms with E-state index >= 15 is 0 Å². The van der Waals surface area contributed by atoms with E-state index in [-0.39, 0.29) is 0 Å². The second kappa shape index (κ2) is 5.55. The molecule has 0 spiro atoms. The van der Waals surface area contributed by atoms with Crippen molar-refractivity contribution >= 4 is 18.3 Å². The van der Waals surface area contributed by atoms with Gasteiger partial charge >= 0.3 is 0 Å². The van der Waals surface area contributed by atoms with E-state index in [0.717, 1.165) is 12.4 Å². The Balaban J connectivity index is 1.37. The molecule has 3 heterocycles. The van der Waals surface area contributed by atoms with Gasteiger partial charge in [-0.2, -0.15) is 5.10 Å². The fourth-order valence-electron chi connectivity index (χ4n) is 4.32. The number of rotatable bonds is 2. The van der Waals surface area contributed by atoms with Gasteiger partial charge in [0.2, 0.25) is 0 Å². The highest BCUT2D eigenvalue weighted by Crippen LogP contribution is 2.38. The molecule has 120 valence electrons. The fourth-order valence-corrected chi connectivity index (χ4v) is 4.32. The van der Waals surface area contributed by atoms with Crippen molar-refractivity contribution in [1.82, 2.24) is 5.01 Å². The smallest absolute Gasteiger partial charge is 0.155 e. The Labute approximate surface area is 142 Å². The van der Waals surface area contributed by atoms with Crippen LogP contribution in [0.3, 0.4) is 0 Å². The van der Waals surface area contributed by atoms with Crippen LogP contribution in [0.4, 0.5) is 0 Å². The zero-order valence-electron chi connectivity index (χ0n) is 13.5. The van der Waals surface area contributed by atoms with Crippen LogP contribution >= 0.6 is 0 Å². The summed E-state index contributed by atoms with van der Waals surface area (Å²) in [5.74, 6) is 1.61. The summed E-state index contributed by atoms with van der Waals surface area (Å²) in [7, 11) is 0. The molecule has 0 radical (unpaired) electrons. The highest BCUT2D eigenvalue weighted by Gasteiger charge is 2.35. The zero-order chi connectivity index (χ0) is 15.9. The van der Waals surface area contributed by atoms with Crippen LogP contribution in [-0.4, -0.2) is 29.8 Å². The van der Waals surface area contributed by atoms with Crippen LogP contribution in [0.2, 0.25) is 0 Å². The van der Waals surface area contributed by atoms with Crippen molar-refractivity contribution in [3.8, 4) is 0 Å². The molecule has 0 N–H and O–H groups in total. The molecule has 1 aromatic rings. The first kappa shape index (κ1) is 13.9. The third-order valence-electron chi connectivity index (χ3n) is 5.52. The van der Waals surface area contributed by atoms with Crippen LogP contribution in [0.1, 0.15) is 30.0 Å². The fraction of sp³-hybridized carbons (Fsp3) is 0.350. The molecule has 0 aromatic heterocycles. The SMILES string of the molecule is C1=CC(C2C=NN(C3CCCc4ccccc43)C2)C2=CC=NC2=N1. The first-order valence-electron chi connectivity index (χ1n) is 8.78. The molecule has 0 saturated carbocycles. The topological polar surface area (TPSA) is 40.3 Å². The summed E-state index contributed by atoms with van der Waals surface area (Å²) >= 11 is 0. The summed E-state index contributed by atoms with van der Waals surface area (Å²) in [6.45, 7) is 0.971. The van der Waals surface area contributed by atoms with Crippen molar-refractivity contribution in [2.24, 2.45) is 26.9 Å². The average molecular weight is 316 g/mol. The summed E-state index contributed by atoms with van der Waals surface area (Å²) in [6, 6.07) is 9.28. The van der Waals surface area contributed by atoms with Crippen LogP contribution in [0, 0.1) is 11.8 Å². The monoisotopic (exact) mass is 316 g/mol. The summed E-state index contributed by atoms with van der Waals surface area (Å²) in [4.78, 5) is 8.70. The van der Waals surface area contributed by atoms with E-state index in [4.69, 9.17) is 5.10 Å². The van der Waals surface area contributed by atoms with Crippen molar-refractivity contribution in [1.29, 1.82) is 0 Å². The minimum Gasteiger partial charge on any atom is -0.289 e. The highest BCUT2D eigenvalue weighted by atomic mass is 15.5. The van der Waals surface area contributed by atoms with Gasteiger partial charge in [-0.05, 0) is 36.5 Å². The molecule has 3 aliphatic heterocycles. The molecule has 3 unspecified atom stereocenters. The summed E-state index contributed by atoms with van der Waals surface area (Å²) in [6.07, 6.45) is 13.8. The molecule has 5 rings (SSSR count). The number of fused-ring (bicyclic) bond motifs is 2. The van der Waals surface area contributed by atoms with Crippen LogP contribution in [0.5, 0.6) is 0 Å². The number of hydrogen-bond acceptors (Lipinski definition) is 4. The summed E-state index contributed by atoms with van der Waals surface area (Å²) in [5.41, 5.74) is 4.19. The first-order chi connectivity index (χ1) is 11.9. The second-order valence-electron chi connectivity index (χ2n) is 6.88. The molecule has 4 aliphatic rings. The van der Waals surface area contributed by atoms with Gasteiger partial charge in [-0.15, -0.1) is 0 Å². The second-order valence-corrected chi connectivity index (χ2v) is 6.88. The molecule has 0 saturated heterocycles. The lowest BCUT2D eigenvalue weighted by molar-refractivity contribution is 0.188. The maximum absolute atomic E-state index is 4.80. The third kappa shape index (κ3) is 2.17. The molecule has 4 nitrogen and oxygen atoms in total. The lowest BCUT2D eigenvalue weighted by Crippen LogP contribution is -2.30. The summed E-state index contributed by atoms with van der Waals surface area (Å²) < 4.78 is 0. The molecule has 1 aliphatic carbocycles. The van der Waals surface area contributed by atoms with E-state index in [1.807, 2.05) is 12.4 Å². The Morgan fingerprint density at radius 2 is 2.12 bits per heavy atom. The van der Waals surface area contributed by atoms with Crippen LogP contribution in [-0.2, 0) is 6.42 Å². The summed E-state index contributed by atoms with van der Waals surface area (Å²) in [5, 5.41) is 7.10. The normalized spacial score (nSPS) is 30.2. The molecule has 3 atom stereocenters. The Hall–Kier alpha value is -2.49. The van der Waals surface area contributed by atoms with Crippen molar-refractivity contribution in [2.45, 2.75) is 25.3 Å². The Morgan fingerprint density at radius 1 is 1.17 bits per heavy atom. The number of aryl methyl sites for hydroxylation is 1. The van der Waals surface area contributed by atoms with E-state index in [1.54, 1.807) is 0 Å². The number of amidine groups is 1. The largest absolute Gasteiger partial charge is 0.289 e. The molecule has 0 bridgehead atoms. The molecular weight excluding hydrogens is 296 g/mol. The Morgan fingerprint density at radius 3 is 3.12 bits per heavy atom. The van der Waals surface area contributed by atoms with E-state index in [1.165, 1.54) is 36.0 Å². The van der Waals surface area contributed by atoms with Crippen molar-refractivity contribution in [3.63, 3.8) is 0 Å². The Bertz CT molecular complexity index is 815. The standard InChI is InChI=1S/C20H20N4/c1-2-6-17-14(4-1)5-3-7-19(17)24-13-15(12-23-24)16-8-10-21-20-18(16)9-11-22-20/h1-2,4,6,8-12,15-16,19H,3,5,7,13H2. The molecule has 4 heteroatoms. The zero-order valence-corrected chi connectivity index (χ0v) is 13.5. The van der Waals surface area contributed by atoms with Gasteiger partial charge < -0.3 is 0 Å². The minimum atomic E-state index is 0.340. The molecular formula is C20H20N4. The third-order valence-corrected chi connectivity index (χ3v) is 5.52. The van der Waals surface area contributed by atoms with Crippen molar-refractivity contribution < 1.29 is 0 Å². The van der Waals surface area contributed by atoms with Gasteiger partial charge in [-0.1, -0.05) is 30.3 Å². The van der Waals surface area contributed by atoms with Crippen LogP contribution in [0.25, 0.3) is 0 Å². The van der Waals surface area contributed by atoms with E-state index in [0.29, 0.717) is 17.9 Å². The van der Waals surface area contributed by atoms with Gasteiger partial charge in [0.05, 0.1) is 6.04 Å². The maximum Gasteiger partial charge on any atom is 0.155 e. The highest BCUT2D eigenvalue weighted by molar-refractivity contribution is 6.12. The quantitative estimate of drug-likeness (QED) is 0.823. The molecule has 24 heavy (non-hydrogen) atoms. The minimum absolute atomic E-state index is 0.340. The van der Waals surface area contributed by atoms with Gasteiger partial charge in [-0.25, -0.2) is 9.98 Å². The van der Waals surface area contributed by atoms with E-state index in [9.17, 15) is 0 Å². The maximum atomic E-state index is 4.80. The molecule has 0 amide bonds. The van der Waals surface area contributed by atoms with Crippen molar-refractivity contribution in [2.75, 3.05) is 6.54 Å². The van der Waals surface area contributed by atoms with Crippen molar-refractivity contribution in [3.05, 3.63) is 59.3 Å². The number of allylic oxidation sites excluding steroid dienone is 2. The Kier molecular flexibility index (Phi) is 3.21. The van der Waals surface area contributed by atoms with E-state index < -0.39 is 0 Å². The first-order valence-corrected chi connectivity index (χ1v) is 8.78. The number of benzene rings is 1. The predicted molar refractivity (Wildman–Crippen MR) is 97.4 cm³/mol. The van der Waals surface area contributed by atoms with Gasteiger partial charge in [0, 0.05) is 42.6 Å². The van der Waals surface area contributed by atoms with Crippen LogP contribution in [0.15, 0.2) is 63.3 Å². The van der Waals surface area contributed by atoms with Gasteiger partial charge in [0.25, 0.3) is 0 Å². The number of nitrogens with zero attached hydrogens (tertiary/aromatic N) is 4. The molecule has 0 fully saturated rings. The van der Waals surface area contributed by atoms with Gasteiger partial charge in [-0.3, -0.25) is 5.01 Å². The van der Waals surface area contributed by atoms with E-state index in [2.05, 4.69) is 57.6 Å². The number of hydrogen-bond donors (Lipinski definition) is 0. The lowest BCUT2D eigenvalue weighted by Gasteiger charge is -2.33. The number of hydrazone groups is 1. The van der Waals surface area contributed by atoms with Gasteiger partial charge in [0.15, 0.2) is 5.84 Å². The number of aliphatic imine (C=N–C) groups is 2. The van der Waals surface area contributed by atoms with Crippen LogP contribution < -0.4 is 0 Å². The average Bonchev–Trinajstić information content (AvgIpc) is 3.30. The lowest BCUT2D eigenvalue weighted by atomic mass is 9.84. The predicted octanol–water partition coefficient (Wildman–Crippen LogP) is 3.53. The van der Waals surface area contributed by atoms with Gasteiger partial charge in [0.1, 0.15) is 0 Å².